The highest BCUT2D eigenvalue weighted by Crippen LogP contribution is 2.26. The Bertz CT molecular complexity index is 525. The van der Waals surface area contributed by atoms with Gasteiger partial charge in [-0.3, -0.25) is 0 Å². The summed E-state index contributed by atoms with van der Waals surface area (Å²) in [7, 11) is 0. The third-order valence-electron chi connectivity index (χ3n) is 2.15. The minimum atomic E-state index is -1.20. The molecular weight excluding hydrogens is 270 g/mol. The molecule has 16 heavy (non-hydrogen) atoms. The van der Waals surface area contributed by atoms with Crippen LogP contribution in [-0.4, -0.2) is 5.11 Å². The van der Waals surface area contributed by atoms with E-state index in [9.17, 15) is 5.11 Å². The van der Waals surface area contributed by atoms with Gasteiger partial charge >= 0.3 is 0 Å². The Labute approximate surface area is 101 Å². The van der Waals surface area contributed by atoms with E-state index in [0.29, 0.717) is 5.76 Å². The number of aliphatic hydroxyl groups excluding tert-OH is 1. The van der Waals surface area contributed by atoms with Gasteiger partial charge in [0, 0.05) is 10.0 Å². The quantitative estimate of drug-likeness (QED) is 0.858. The molecule has 0 aliphatic heterocycles. The molecule has 1 heterocycles. The normalized spacial score (nSPS) is 12.1. The zero-order valence-corrected chi connectivity index (χ0v) is 9.81. The summed E-state index contributed by atoms with van der Waals surface area (Å²) in [5.74, 6) is 0.900. The van der Waals surface area contributed by atoms with Gasteiger partial charge in [0.2, 0.25) is 0 Å². The molecule has 0 aliphatic carbocycles. The lowest BCUT2D eigenvalue weighted by Crippen LogP contribution is -1.88. The van der Waals surface area contributed by atoms with E-state index in [2.05, 4.69) is 15.9 Å². The fraction of sp³-hybridized carbons (Fsp3) is 0.0833. The van der Waals surface area contributed by atoms with Gasteiger partial charge in [0.1, 0.15) is 17.6 Å². The van der Waals surface area contributed by atoms with Crippen LogP contribution in [0.3, 0.4) is 0 Å². The molecule has 4 heteroatoms. The van der Waals surface area contributed by atoms with Crippen molar-refractivity contribution in [3.8, 4) is 17.4 Å². The summed E-state index contributed by atoms with van der Waals surface area (Å²) < 4.78 is 6.36. The first-order valence-corrected chi connectivity index (χ1v) is 5.43. The minimum Gasteiger partial charge on any atom is -0.457 e. The molecule has 2 rings (SSSR count). The first-order chi connectivity index (χ1) is 7.70. The van der Waals surface area contributed by atoms with Crippen LogP contribution in [-0.2, 0) is 0 Å². The molecule has 1 aromatic carbocycles. The molecule has 1 N–H and O–H groups in total. The van der Waals surface area contributed by atoms with E-state index in [4.69, 9.17) is 9.68 Å². The summed E-state index contributed by atoms with van der Waals surface area (Å²) in [6.07, 6.45) is -1.20. The van der Waals surface area contributed by atoms with Crippen LogP contribution >= 0.6 is 15.9 Å². The Kier molecular flexibility index (Phi) is 3.09. The Balaban J connectivity index is 2.32. The average Bonchev–Trinajstić information content (AvgIpc) is 2.78. The Morgan fingerprint density at radius 3 is 2.50 bits per heavy atom. The van der Waals surface area contributed by atoms with Crippen molar-refractivity contribution < 1.29 is 9.52 Å². The highest BCUT2D eigenvalue weighted by molar-refractivity contribution is 9.10. The molecular formula is C12H8BrNO2. The number of halogens is 1. The highest BCUT2D eigenvalue weighted by Gasteiger charge is 2.11. The summed E-state index contributed by atoms with van der Waals surface area (Å²) in [6, 6.07) is 12.6. The highest BCUT2D eigenvalue weighted by atomic mass is 79.9. The van der Waals surface area contributed by atoms with E-state index in [1.54, 1.807) is 18.2 Å². The third-order valence-corrected chi connectivity index (χ3v) is 2.68. The van der Waals surface area contributed by atoms with Crippen molar-refractivity contribution in [1.29, 1.82) is 5.26 Å². The van der Waals surface area contributed by atoms with Gasteiger partial charge in [0.25, 0.3) is 0 Å². The van der Waals surface area contributed by atoms with Crippen molar-refractivity contribution in [3.05, 3.63) is 46.6 Å². The van der Waals surface area contributed by atoms with Crippen molar-refractivity contribution >= 4 is 15.9 Å². The van der Waals surface area contributed by atoms with Crippen molar-refractivity contribution in [2.24, 2.45) is 0 Å². The maximum absolute atomic E-state index is 9.27. The van der Waals surface area contributed by atoms with Crippen molar-refractivity contribution in [2.75, 3.05) is 0 Å². The third kappa shape index (κ3) is 2.16. The Hall–Kier alpha value is -1.57. The molecule has 2 aromatic rings. The van der Waals surface area contributed by atoms with Crippen LogP contribution < -0.4 is 0 Å². The fourth-order valence-corrected chi connectivity index (χ4v) is 1.60. The van der Waals surface area contributed by atoms with Crippen LogP contribution in [0, 0.1) is 11.3 Å². The predicted molar refractivity (Wildman–Crippen MR) is 62.4 cm³/mol. The zero-order valence-electron chi connectivity index (χ0n) is 8.22. The van der Waals surface area contributed by atoms with Crippen molar-refractivity contribution in [3.63, 3.8) is 0 Å². The molecule has 0 spiro atoms. The molecule has 3 nitrogen and oxygen atoms in total. The van der Waals surface area contributed by atoms with Crippen LogP contribution in [0.4, 0.5) is 0 Å². The molecule has 0 saturated heterocycles. The number of hydrogen-bond donors (Lipinski definition) is 1. The average molecular weight is 278 g/mol. The second-order valence-corrected chi connectivity index (χ2v) is 4.16. The van der Waals surface area contributed by atoms with Crippen LogP contribution in [0.1, 0.15) is 11.9 Å². The van der Waals surface area contributed by atoms with E-state index < -0.39 is 6.10 Å². The maximum Gasteiger partial charge on any atom is 0.198 e. The Morgan fingerprint density at radius 1 is 1.19 bits per heavy atom. The zero-order chi connectivity index (χ0) is 11.5. The molecule has 0 amide bonds. The van der Waals surface area contributed by atoms with Crippen LogP contribution in [0.25, 0.3) is 11.3 Å². The predicted octanol–water partition coefficient (Wildman–Crippen LogP) is 3.27. The smallest absolute Gasteiger partial charge is 0.198 e. The lowest BCUT2D eigenvalue weighted by molar-refractivity contribution is 0.205. The van der Waals surface area contributed by atoms with E-state index >= 15 is 0 Å². The van der Waals surface area contributed by atoms with Crippen LogP contribution in [0.2, 0.25) is 0 Å². The lowest BCUT2D eigenvalue weighted by atomic mass is 10.2. The number of rotatable bonds is 2. The standard InChI is InChI=1S/C12H8BrNO2/c13-9-3-1-8(2-4-9)11-5-6-12(16-11)10(15)7-14/h1-6,10,15H/t10-/m1/s1. The van der Waals surface area contributed by atoms with Gasteiger partial charge in [0.15, 0.2) is 6.10 Å². The molecule has 1 aromatic heterocycles. The van der Waals surface area contributed by atoms with E-state index in [1.807, 2.05) is 24.3 Å². The summed E-state index contributed by atoms with van der Waals surface area (Å²) in [5, 5.41) is 17.8. The van der Waals surface area contributed by atoms with Gasteiger partial charge < -0.3 is 9.52 Å². The number of furan rings is 1. The summed E-state index contributed by atoms with van der Waals surface area (Å²) in [5.41, 5.74) is 0.902. The van der Waals surface area contributed by atoms with Gasteiger partial charge in [-0.2, -0.15) is 5.26 Å². The first kappa shape index (κ1) is 10.9. The van der Waals surface area contributed by atoms with Crippen molar-refractivity contribution in [1.82, 2.24) is 0 Å². The second-order valence-electron chi connectivity index (χ2n) is 3.24. The SMILES string of the molecule is N#C[C@@H](O)c1ccc(-c2ccc(Br)cc2)o1. The number of benzene rings is 1. The van der Waals surface area contributed by atoms with Gasteiger partial charge in [0.05, 0.1) is 0 Å². The van der Waals surface area contributed by atoms with Crippen LogP contribution in [0.15, 0.2) is 45.3 Å². The number of nitriles is 1. The number of hydrogen-bond acceptors (Lipinski definition) is 3. The minimum absolute atomic E-state index is 0.264. The lowest BCUT2D eigenvalue weighted by Gasteiger charge is -1.98. The molecule has 0 saturated carbocycles. The van der Waals surface area contributed by atoms with Gasteiger partial charge in [-0.05, 0) is 24.3 Å². The van der Waals surface area contributed by atoms with E-state index in [1.165, 1.54) is 0 Å². The largest absolute Gasteiger partial charge is 0.457 e. The molecule has 0 unspecified atom stereocenters. The topological polar surface area (TPSA) is 57.2 Å². The summed E-state index contributed by atoms with van der Waals surface area (Å²) in [4.78, 5) is 0. The van der Waals surface area contributed by atoms with Crippen molar-refractivity contribution in [2.45, 2.75) is 6.10 Å². The van der Waals surface area contributed by atoms with Crippen LogP contribution in [0.5, 0.6) is 0 Å². The molecule has 1 atom stereocenters. The second kappa shape index (κ2) is 4.52. The summed E-state index contributed by atoms with van der Waals surface area (Å²) in [6.45, 7) is 0. The Morgan fingerprint density at radius 2 is 1.88 bits per heavy atom. The van der Waals surface area contributed by atoms with Gasteiger partial charge in [-0.15, -0.1) is 0 Å². The fourth-order valence-electron chi connectivity index (χ4n) is 1.33. The summed E-state index contributed by atoms with van der Waals surface area (Å²) >= 11 is 3.34. The monoisotopic (exact) mass is 277 g/mol. The van der Waals surface area contributed by atoms with E-state index in [0.717, 1.165) is 10.0 Å². The first-order valence-electron chi connectivity index (χ1n) is 4.64. The van der Waals surface area contributed by atoms with E-state index in [-0.39, 0.29) is 5.76 Å². The molecule has 0 radical (unpaired) electrons. The van der Waals surface area contributed by atoms with Gasteiger partial charge in [-0.1, -0.05) is 28.1 Å². The molecule has 80 valence electrons. The molecule has 0 fully saturated rings. The van der Waals surface area contributed by atoms with Gasteiger partial charge in [-0.25, -0.2) is 0 Å². The maximum atomic E-state index is 9.27. The number of nitrogens with zero attached hydrogens (tertiary/aromatic N) is 1. The molecule has 0 bridgehead atoms. The number of aliphatic hydroxyl groups is 1. The molecule has 0 aliphatic rings.